The summed E-state index contributed by atoms with van der Waals surface area (Å²) in [5.41, 5.74) is 1.16. The highest BCUT2D eigenvalue weighted by molar-refractivity contribution is 7.99. The molecule has 29 heavy (non-hydrogen) atoms. The lowest BCUT2D eigenvalue weighted by Gasteiger charge is -2.08. The number of sulfone groups is 1. The Labute approximate surface area is 172 Å². The van der Waals surface area contributed by atoms with Crippen LogP contribution in [-0.4, -0.2) is 41.1 Å². The summed E-state index contributed by atoms with van der Waals surface area (Å²) in [6.07, 6.45) is 1.77. The molecular weight excluding hydrogens is 412 g/mol. The van der Waals surface area contributed by atoms with Gasteiger partial charge < -0.3 is 5.32 Å². The van der Waals surface area contributed by atoms with Crippen LogP contribution in [0.5, 0.6) is 0 Å². The Balaban J connectivity index is 1.60. The number of hydrogen-bond acceptors (Lipinski definition) is 6. The molecule has 1 amide bonds. The highest BCUT2D eigenvalue weighted by atomic mass is 32.2. The maximum Gasteiger partial charge on any atom is 0.343 e. The molecule has 0 saturated heterocycles. The van der Waals surface area contributed by atoms with E-state index in [1.165, 1.54) is 16.7 Å². The summed E-state index contributed by atoms with van der Waals surface area (Å²) in [7, 11) is -3.36. The molecule has 1 aromatic heterocycles. The van der Waals surface area contributed by atoms with Gasteiger partial charge in [-0.05, 0) is 30.2 Å². The average Bonchev–Trinajstić information content (AvgIpc) is 3.05. The maximum atomic E-state index is 12.2. The molecule has 2 N–H and O–H groups in total. The third-order valence-electron chi connectivity index (χ3n) is 4.07. The Morgan fingerprint density at radius 2 is 1.93 bits per heavy atom. The number of H-pyrrole nitrogens is 1. The van der Waals surface area contributed by atoms with Crippen LogP contribution >= 0.6 is 11.8 Å². The minimum Gasteiger partial charge on any atom is -0.325 e. The lowest BCUT2D eigenvalue weighted by atomic mass is 10.1. The van der Waals surface area contributed by atoms with E-state index < -0.39 is 9.84 Å². The number of benzene rings is 2. The van der Waals surface area contributed by atoms with Crippen LogP contribution in [0.15, 0.2) is 69.4 Å². The van der Waals surface area contributed by atoms with Gasteiger partial charge >= 0.3 is 5.69 Å². The van der Waals surface area contributed by atoms with Crippen LogP contribution in [0.2, 0.25) is 0 Å². The summed E-state index contributed by atoms with van der Waals surface area (Å²) in [6.45, 7) is 0.444. The molecule has 10 heteroatoms. The van der Waals surface area contributed by atoms with Gasteiger partial charge in [-0.2, -0.15) is 0 Å². The number of rotatable bonds is 8. The van der Waals surface area contributed by atoms with Crippen molar-refractivity contribution in [3.05, 3.63) is 70.6 Å². The zero-order chi connectivity index (χ0) is 20.9. The van der Waals surface area contributed by atoms with Gasteiger partial charge in [-0.1, -0.05) is 48.2 Å². The first kappa shape index (κ1) is 20.9. The molecule has 0 aliphatic rings. The van der Waals surface area contributed by atoms with Gasteiger partial charge in [0.25, 0.3) is 0 Å². The van der Waals surface area contributed by atoms with Crippen molar-refractivity contribution in [3.8, 4) is 0 Å². The first-order chi connectivity index (χ1) is 13.8. The van der Waals surface area contributed by atoms with Crippen LogP contribution in [0.3, 0.4) is 0 Å². The van der Waals surface area contributed by atoms with E-state index >= 15 is 0 Å². The Morgan fingerprint density at radius 1 is 1.17 bits per heavy atom. The summed E-state index contributed by atoms with van der Waals surface area (Å²) in [5.74, 6) is -0.302. The van der Waals surface area contributed by atoms with E-state index in [1.807, 2.05) is 30.3 Å². The number of anilines is 1. The zero-order valence-electron chi connectivity index (χ0n) is 15.7. The predicted molar refractivity (Wildman–Crippen MR) is 112 cm³/mol. The molecule has 1 heterocycles. The standard InChI is InChI=1S/C19H20N4O4S2/c1-29(26,27)16-9-5-8-15(12-16)20-17(24)13-28-19-22-21-18(25)23(19)11-10-14-6-3-2-4-7-14/h2-9,12H,10-11,13H2,1H3,(H,20,24)(H,21,25). The lowest BCUT2D eigenvalue weighted by Crippen LogP contribution is -2.20. The molecule has 0 atom stereocenters. The molecule has 0 spiro atoms. The third-order valence-corrected chi connectivity index (χ3v) is 6.16. The quantitative estimate of drug-likeness (QED) is 0.526. The Kier molecular flexibility index (Phi) is 6.55. The van der Waals surface area contributed by atoms with Gasteiger partial charge in [0.05, 0.1) is 10.6 Å². The zero-order valence-corrected chi connectivity index (χ0v) is 17.3. The van der Waals surface area contributed by atoms with Crippen molar-refractivity contribution in [1.29, 1.82) is 0 Å². The van der Waals surface area contributed by atoms with Crippen molar-refractivity contribution in [2.75, 3.05) is 17.3 Å². The molecular formula is C19H20N4O4S2. The van der Waals surface area contributed by atoms with Crippen molar-refractivity contribution in [1.82, 2.24) is 14.8 Å². The van der Waals surface area contributed by atoms with Crippen molar-refractivity contribution < 1.29 is 13.2 Å². The number of nitrogens with zero attached hydrogens (tertiary/aromatic N) is 2. The lowest BCUT2D eigenvalue weighted by molar-refractivity contribution is -0.113. The van der Waals surface area contributed by atoms with Crippen molar-refractivity contribution >= 4 is 33.2 Å². The number of hydrogen-bond donors (Lipinski definition) is 2. The SMILES string of the molecule is CS(=O)(=O)c1cccc(NC(=O)CSc2n[nH]c(=O)n2CCc2ccccc2)c1. The first-order valence-corrected chi connectivity index (χ1v) is 11.6. The van der Waals surface area contributed by atoms with Crippen LogP contribution in [0, 0.1) is 0 Å². The van der Waals surface area contributed by atoms with E-state index in [4.69, 9.17) is 0 Å². The smallest absolute Gasteiger partial charge is 0.325 e. The third kappa shape index (κ3) is 5.81. The van der Waals surface area contributed by atoms with Gasteiger partial charge in [0.2, 0.25) is 5.91 Å². The number of nitrogens with one attached hydrogen (secondary N) is 2. The highest BCUT2D eigenvalue weighted by Crippen LogP contribution is 2.17. The molecule has 3 rings (SSSR count). The summed E-state index contributed by atoms with van der Waals surface area (Å²) < 4.78 is 24.7. The van der Waals surface area contributed by atoms with Crippen LogP contribution in [0.1, 0.15) is 5.56 Å². The molecule has 0 saturated carbocycles. The van der Waals surface area contributed by atoms with Gasteiger partial charge in [-0.15, -0.1) is 5.10 Å². The first-order valence-electron chi connectivity index (χ1n) is 8.75. The monoisotopic (exact) mass is 432 g/mol. The van der Waals surface area contributed by atoms with E-state index in [-0.39, 0.29) is 22.2 Å². The van der Waals surface area contributed by atoms with E-state index in [9.17, 15) is 18.0 Å². The average molecular weight is 433 g/mol. The summed E-state index contributed by atoms with van der Waals surface area (Å²) >= 11 is 1.13. The Bertz CT molecular complexity index is 1150. The van der Waals surface area contributed by atoms with E-state index in [0.29, 0.717) is 23.8 Å². The second-order valence-corrected chi connectivity index (χ2v) is 9.29. The number of amides is 1. The number of aryl methyl sites for hydroxylation is 1. The van der Waals surface area contributed by atoms with Crippen molar-refractivity contribution in [2.45, 2.75) is 23.0 Å². The van der Waals surface area contributed by atoms with Crippen LogP contribution < -0.4 is 11.0 Å². The Hall–Kier alpha value is -2.85. The second kappa shape index (κ2) is 9.10. The van der Waals surface area contributed by atoms with Gasteiger partial charge in [-0.3, -0.25) is 9.36 Å². The van der Waals surface area contributed by atoms with E-state index in [1.54, 1.807) is 12.1 Å². The van der Waals surface area contributed by atoms with Crippen LogP contribution in [-0.2, 0) is 27.6 Å². The molecule has 0 aliphatic heterocycles. The van der Waals surface area contributed by atoms with Crippen LogP contribution in [0.4, 0.5) is 5.69 Å². The molecule has 0 bridgehead atoms. The summed E-state index contributed by atoms with van der Waals surface area (Å²) in [6, 6.07) is 15.8. The molecule has 0 unspecified atom stereocenters. The Morgan fingerprint density at radius 3 is 2.66 bits per heavy atom. The molecule has 0 fully saturated rings. The molecule has 8 nitrogen and oxygen atoms in total. The fraction of sp³-hybridized carbons (Fsp3) is 0.211. The topological polar surface area (TPSA) is 114 Å². The number of thioether (sulfide) groups is 1. The summed E-state index contributed by atoms with van der Waals surface area (Å²) in [5, 5.41) is 9.47. The minimum absolute atomic E-state index is 0.0265. The van der Waals surface area contributed by atoms with Crippen molar-refractivity contribution in [2.24, 2.45) is 0 Å². The van der Waals surface area contributed by atoms with E-state index in [0.717, 1.165) is 23.6 Å². The van der Waals surface area contributed by atoms with Gasteiger partial charge in [0, 0.05) is 18.5 Å². The second-order valence-electron chi connectivity index (χ2n) is 6.34. The van der Waals surface area contributed by atoms with Gasteiger partial charge in [-0.25, -0.2) is 18.3 Å². The minimum atomic E-state index is -3.36. The summed E-state index contributed by atoms with van der Waals surface area (Å²) in [4.78, 5) is 24.4. The number of carbonyl (C=O) groups excluding carboxylic acids is 1. The normalized spacial score (nSPS) is 11.3. The van der Waals surface area contributed by atoms with Gasteiger partial charge in [0.15, 0.2) is 15.0 Å². The van der Waals surface area contributed by atoms with E-state index in [2.05, 4.69) is 15.5 Å². The molecule has 0 aliphatic carbocycles. The number of aromatic amines is 1. The van der Waals surface area contributed by atoms with Crippen LogP contribution in [0.25, 0.3) is 0 Å². The largest absolute Gasteiger partial charge is 0.343 e. The van der Waals surface area contributed by atoms with Gasteiger partial charge in [0.1, 0.15) is 0 Å². The number of carbonyl (C=O) groups is 1. The molecule has 152 valence electrons. The predicted octanol–water partition coefficient (Wildman–Crippen LogP) is 1.95. The fourth-order valence-corrected chi connectivity index (χ4v) is 4.07. The van der Waals surface area contributed by atoms with Crippen molar-refractivity contribution in [3.63, 3.8) is 0 Å². The molecule has 2 aromatic carbocycles. The maximum absolute atomic E-state index is 12.2. The molecule has 3 aromatic rings. The number of aromatic nitrogens is 3. The highest BCUT2D eigenvalue weighted by Gasteiger charge is 2.13. The fourth-order valence-electron chi connectivity index (χ4n) is 2.63. The molecule has 0 radical (unpaired) electrons.